The van der Waals surface area contributed by atoms with Gasteiger partial charge >= 0.3 is 0 Å². The van der Waals surface area contributed by atoms with Crippen LogP contribution in [0.2, 0.25) is 0 Å². The molecule has 0 saturated heterocycles. The fourth-order valence-electron chi connectivity index (χ4n) is 2.00. The zero-order valence-corrected chi connectivity index (χ0v) is 9.36. The van der Waals surface area contributed by atoms with Crippen LogP contribution in [-0.4, -0.2) is 6.10 Å². The third-order valence-electron chi connectivity index (χ3n) is 2.84. The van der Waals surface area contributed by atoms with Crippen molar-refractivity contribution >= 4 is 0 Å². The summed E-state index contributed by atoms with van der Waals surface area (Å²) in [7, 11) is 0. The highest BCUT2D eigenvalue weighted by Crippen LogP contribution is 2.29. The minimum absolute atomic E-state index is 0.116. The molecule has 82 valence electrons. The molecule has 1 heteroatoms. The largest absolute Gasteiger partial charge is 0.485 e. The third kappa shape index (κ3) is 2.08. The Kier molecular flexibility index (Phi) is 3.25. The van der Waals surface area contributed by atoms with Crippen LogP contribution in [0, 0.1) is 0 Å². The summed E-state index contributed by atoms with van der Waals surface area (Å²) in [5.41, 5.74) is 2.39. The maximum atomic E-state index is 5.95. The van der Waals surface area contributed by atoms with Gasteiger partial charge in [0.15, 0.2) is 0 Å². The number of aryl methyl sites for hydroxylation is 1. The molecule has 0 bridgehead atoms. The van der Waals surface area contributed by atoms with Crippen LogP contribution >= 0.6 is 0 Å². The molecule has 1 unspecified atom stereocenters. The first-order valence-corrected chi connectivity index (χ1v) is 5.54. The molecule has 1 aliphatic heterocycles. The summed E-state index contributed by atoms with van der Waals surface area (Å²) in [5, 5.41) is 0. The van der Waals surface area contributed by atoms with Crippen molar-refractivity contribution in [2.45, 2.75) is 18.9 Å². The summed E-state index contributed by atoms with van der Waals surface area (Å²) in [6.07, 6.45) is 7.77. The van der Waals surface area contributed by atoms with E-state index in [1.165, 1.54) is 5.56 Å². The van der Waals surface area contributed by atoms with Gasteiger partial charge in [-0.05, 0) is 30.0 Å². The Morgan fingerprint density at radius 1 is 1.31 bits per heavy atom. The average Bonchev–Trinajstić information content (AvgIpc) is 2.35. The zero-order valence-electron chi connectivity index (χ0n) is 9.36. The number of hydrogen-bond acceptors (Lipinski definition) is 1. The molecule has 1 atom stereocenters. The van der Waals surface area contributed by atoms with E-state index >= 15 is 0 Å². The van der Waals surface area contributed by atoms with E-state index in [-0.39, 0.29) is 6.10 Å². The monoisotopic (exact) mass is 212 g/mol. The lowest BCUT2D eigenvalue weighted by atomic mass is 9.97. The van der Waals surface area contributed by atoms with Gasteiger partial charge in [0.25, 0.3) is 0 Å². The van der Waals surface area contributed by atoms with Gasteiger partial charge in [-0.15, -0.1) is 0 Å². The van der Waals surface area contributed by atoms with Gasteiger partial charge in [0.1, 0.15) is 11.9 Å². The number of fused-ring (bicyclic) bond motifs is 1. The molecule has 1 aromatic carbocycles. The van der Waals surface area contributed by atoms with Gasteiger partial charge in [0.05, 0.1) is 0 Å². The highest BCUT2D eigenvalue weighted by molar-refractivity contribution is 5.38. The summed E-state index contributed by atoms with van der Waals surface area (Å²) in [6.45, 7) is 7.52. The molecule has 0 aliphatic carbocycles. The van der Waals surface area contributed by atoms with E-state index in [1.54, 1.807) is 6.08 Å². The lowest BCUT2D eigenvalue weighted by molar-refractivity contribution is 0.211. The second kappa shape index (κ2) is 4.84. The number of para-hydroxylation sites is 1. The van der Waals surface area contributed by atoms with Crippen molar-refractivity contribution in [3.8, 4) is 5.75 Å². The molecule has 2 rings (SSSR count). The zero-order chi connectivity index (χ0) is 11.4. The van der Waals surface area contributed by atoms with Gasteiger partial charge in [-0.2, -0.15) is 0 Å². The Morgan fingerprint density at radius 2 is 2.12 bits per heavy atom. The molecule has 0 amide bonds. The van der Waals surface area contributed by atoms with Crippen LogP contribution < -0.4 is 4.74 Å². The van der Waals surface area contributed by atoms with Crippen LogP contribution in [0.15, 0.2) is 61.2 Å². The minimum atomic E-state index is 0.116. The van der Waals surface area contributed by atoms with Gasteiger partial charge in [-0.1, -0.05) is 49.6 Å². The van der Waals surface area contributed by atoms with Crippen LogP contribution in [-0.2, 0) is 6.42 Å². The second-order valence-electron chi connectivity index (χ2n) is 3.86. The molecule has 1 aromatic rings. The van der Waals surface area contributed by atoms with Crippen molar-refractivity contribution in [3.63, 3.8) is 0 Å². The average molecular weight is 212 g/mol. The lowest BCUT2D eigenvalue weighted by Gasteiger charge is -2.26. The highest BCUT2D eigenvalue weighted by Gasteiger charge is 2.20. The number of hydrogen-bond donors (Lipinski definition) is 0. The van der Waals surface area contributed by atoms with Gasteiger partial charge in [-0.25, -0.2) is 0 Å². The highest BCUT2D eigenvalue weighted by atomic mass is 16.5. The quantitative estimate of drug-likeness (QED) is 0.694. The molecular weight excluding hydrogens is 196 g/mol. The van der Waals surface area contributed by atoms with Gasteiger partial charge in [0.2, 0.25) is 0 Å². The number of benzene rings is 1. The topological polar surface area (TPSA) is 9.23 Å². The fraction of sp³-hybridized carbons (Fsp3) is 0.200. The Hall–Kier alpha value is -1.76. The van der Waals surface area contributed by atoms with Gasteiger partial charge in [0, 0.05) is 0 Å². The number of allylic oxidation sites excluding steroid dienone is 2. The third-order valence-corrected chi connectivity index (χ3v) is 2.84. The van der Waals surface area contributed by atoms with Crippen LogP contribution in [0.1, 0.15) is 12.0 Å². The van der Waals surface area contributed by atoms with E-state index in [0.29, 0.717) is 0 Å². The molecule has 0 fully saturated rings. The summed E-state index contributed by atoms with van der Waals surface area (Å²) in [5.74, 6) is 0.996. The molecule has 0 saturated carbocycles. The molecule has 1 aliphatic rings. The molecule has 0 spiro atoms. The summed E-state index contributed by atoms with van der Waals surface area (Å²) in [6, 6.07) is 8.20. The molecule has 0 N–H and O–H groups in total. The molecule has 16 heavy (non-hydrogen) atoms. The van der Waals surface area contributed by atoms with Crippen LogP contribution in [0.25, 0.3) is 0 Å². The Balaban J connectivity index is 2.22. The van der Waals surface area contributed by atoms with Crippen LogP contribution in [0.5, 0.6) is 5.75 Å². The number of ether oxygens (including phenoxy) is 1. The van der Waals surface area contributed by atoms with Crippen molar-refractivity contribution < 1.29 is 4.74 Å². The van der Waals surface area contributed by atoms with Crippen LogP contribution in [0.3, 0.4) is 0 Å². The van der Waals surface area contributed by atoms with E-state index in [9.17, 15) is 0 Å². The van der Waals surface area contributed by atoms with E-state index in [0.717, 1.165) is 24.2 Å². The normalized spacial score (nSPS) is 19.5. The minimum Gasteiger partial charge on any atom is -0.485 e. The number of rotatable bonds is 3. The van der Waals surface area contributed by atoms with E-state index in [4.69, 9.17) is 4.74 Å². The molecular formula is C15H16O. The first kappa shape index (κ1) is 10.7. The molecule has 1 nitrogen and oxygen atoms in total. The molecule has 1 heterocycles. The summed E-state index contributed by atoms with van der Waals surface area (Å²) < 4.78 is 5.95. The second-order valence-corrected chi connectivity index (χ2v) is 3.86. The fourth-order valence-corrected chi connectivity index (χ4v) is 2.00. The smallest absolute Gasteiger partial charge is 0.124 e. The Morgan fingerprint density at radius 3 is 2.88 bits per heavy atom. The predicted molar refractivity (Wildman–Crippen MR) is 67.7 cm³/mol. The van der Waals surface area contributed by atoms with E-state index < -0.39 is 0 Å². The summed E-state index contributed by atoms with van der Waals surface area (Å²) in [4.78, 5) is 0. The van der Waals surface area contributed by atoms with Gasteiger partial charge in [-0.3, -0.25) is 0 Å². The van der Waals surface area contributed by atoms with Gasteiger partial charge < -0.3 is 4.74 Å². The maximum Gasteiger partial charge on any atom is 0.124 e. The van der Waals surface area contributed by atoms with Crippen molar-refractivity contribution in [3.05, 3.63) is 66.8 Å². The van der Waals surface area contributed by atoms with Crippen molar-refractivity contribution in [1.82, 2.24) is 0 Å². The van der Waals surface area contributed by atoms with Crippen molar-refractivity contribution in [2.75, 3.05) is 0 Å². The first-order chi connectivity index (χ1) is 7.85. The maximum absolute atomic E-state index is 5.95. The Labute approximate surface area is 96.8 Å². The molecule has 0 radical (unpaired) electrons. The molecule has 0 aromatic heterocycles. The standard InChI is InChI=1S/C15H16O/c1-3-7-12(4-2)15-11-10-13-8-5-6-9-14(13)16-15/h3-9,15H,1-2,10-11H2/b12-7+. The first-order valence-electron chi connectivity index (χ1n) is 5.54. The van der Waals surface area contributed by atoms with Crippen molar-refractivity contribution in [1.29, 1.82) is 0 Å². The lowest BCUT2D eigenvalue weighted by Crippen LogP contribution is -2.23. The van der Waals surface area contributed by atoms with E-state index in [1.807, 2.05) is 24.3 Å². The van der Waals surface area contributed by atoms with Crippen LogP contribution in [0.4, 0.5) is 0 Å². The van der Waals surface area contributed by atoms with Crippen molar-refractivity contribution in [2.24, 2.45) is 0 Å². The Bertz CT molecular complexity index is 429. The summed E-state index contributed by atoms with van der Waals surface area (Å²) >= 11 is 0. The van der Waals surface area contributed by atoms with E-state index in [2.05, 4.69) is 25.3 Å². The predicted octanol–water partition coefficient (Wildman–Crippen LogP) is 3.68. The SMILES string of the molecule is C=C/C=C(\C=C)C1CCc2ccccc2O1.